The molecule has 0 saturated heterocycles. The van der Waals surface area contributed by atoms with Crippen molar-refractivity contribution in [2.45, 2.75) is 33.6 Å². The van der Waals surface area contributed by atoms with Gasteiger partial charge in [0.25, 0.3) is 0 Å². The highest BCUT2D eigenvalue weighted by molar-refractivity contribution is 5.70. The van der Waals surface area contributed by atoms with Gasteiger partial charge in [-0.15, -0.1) is 13.2 Å². The Balaban J connectivity index is 2.01. The van der Waals surface area contributed by atoms with Gasteiger partial charge in [0.05, 0.1) is 5.69 Å². The maximum Gasteiger partial charge on any atom is 0.573 e. The van der Waals surface area contributed by atoms with Crippen LogP contribution in [0, 0.1) is 6.92 Å². The van der Waals surface area contributed by atoms with Crippen LogP contribution in [0.3, 0.4) is 0 Å². The molecule has 0 aliphatic rings. The Kier molecular flexibility index (Phi) is 6.44. The molecule has 0 atom stereocenters. The van der Waals surface area contributed by atoms with Gasteiger partial charge in [-0.2, -0.15) is 4.98 Å². The molecule has 3 aromatic rings. The first-order valence-electron chi connectivity index (χ1n) is 9.63. The Bertz CT molecular complexity index is 1020. The monoisotopic (exact) mass is 416 g/mol. The lowest BCUT2D eigenvalue weighted by Crippen LogP contribution is -2.17. The number of para-hydroxylation sites is 1. The molecule has 1 heterocycles. The van der Waals surface area contributed by atoms with Gasteiger partial charge in [0.15, 0.2) is 0 Å². The van der Waals surface area contributed by atoms with Crippen LogP contribution in [0.1, 0.15) is 25.0 Å². The number of hydrogen-bond donors (Lipinski definition) is 2. The molecule has 158 valence electrons. The lowest BCUT2D eigenvalue weighted by atomic mass is 10.1. The van der Waals surface area contributed by atoms with Gasteiger partial charge < -0.3 is 15.4 Å². The van der Waals surface area contributed by atoms with E-state index in [0.717, 1.165) is 23.2 Å². The van der Waals surface area contributed by atoms with E-state index in [9.17, 15) is 13.2 Å². The SMILES string of the molecule is CCNc1nc(Nc2c(C)cccc2CC)cc(-c2cccc(OC(F)(F)F)c2)n1. The maximum absolute atomic E-state index is 12.6. The smallest absolute Gasteiger partial charge is 0.406 e. The lowest BCUT2D eigenvalue weighted by Gasteiger charge is -2.15. The van der Waals surface area contributed by atoms with E-state index in [1.807, 2.05) is 32.0 Å². The Morgan fingerprint density at radius 1 is 1.00 bits per heavy atom. The molecule has 0 unspecified atom stereocenters. The summed E-state index contributed by atoms with van der Waals surface area (Å²) in [6.07, 6.45) is -3.91. The van der Waals surface area contributed by atoms with Gasteiger partial charge in [0.1, 0.15) is 11.6 Å². The molecule has 1 aromatic heterocycles. The van der Waals surface area contributed by atoms with Crippen LogP contribution >= 0.6 is 0 Å². The molecule has 8 heteroatoms. The van der Waals surface area contributed by atoms with E-state index in [-0.39, 0.29) is 5.75 Å². The summed E-state index contributed by atoms with van der Waals surface area (Å²) in [6.45, 7) is 6.59. The van der Waals surface area contributed by atoms with Crippen molar-refractivity contribution in [3.63, 3.8) is 0 Å². The van der Waals surface area contributed by atoms with Crippen LogP contribution in [0.2, 0.25) is 0 Å². The average molecular weight is 416 g/mol. The summed E-state index contributed by atoms with van der Waals surface area (Å²) in [7, 11) is 0. The number of hydrogen-bond acceptors (Lipinski definition) is 5. The molecular weight excluding hydrogens is 393 g/mol. The molecule has 5 nitrogen and oxygen atoms in total. The number of aromatic nitrogens is 2. The van der Waals surface area contributed by atoms with Crippen LogP contribution in [0.25, 0.3) is 11.3 Å². The second-order valence-corrected chi connectivity index (χ2v) is 6.66. The van der Waals surface area contributed by atoms with Crippen LogP contribution in [-0.2, 0) is 6.42 Å². The van der Waals surface area contributed by atoms with E-state index in [1.54, 1.807) is 12.1 Å². The first kappa shape index (κ1) is 21.4. The van der Waals surface area contributed by atoms with Crippen molar-refractivity contribution in [3.8, 4) is 17.0 Å². The third kappa shape index (κ3) is 5.40. The largest absolute Gasteiger partial charge is 0.573 e. The van der Waals surface area contributed by atoms with Crippen LogP contribution in [0.5, 0.6) is 5.75 Å². The quantitative estimate of drug-likeness (QED) is 0.488. The molecule has 0 bridgehead atoms. The van der Waals surface area contributed by atoms with Crippen molar-refractivity contribution in [1.82, 2.24) is 9.97 Å². The summed E-state index contributed by atoms with van der Waals surface area (Å²) in [6, 6.07) is 13.5. The highest BCUT2D eigenvalue weighted by atomic mass is 19.4. The third-order valence-corrected chi connectivity index (χ3v) is 4.42. The van der Waals surface area contributed by atoms with Gasteiger partial charge in [-0.05, 0) is 43.5 Å². The summed E-state index contributed by atoms with van der Waals surface area (Å²) in [5.74, 6) is 0.624. The summed E-state index contributed by atoms with van der Waals surface area (Å²) in [4.78, 5) is 8.94. The Morgan fingerprint density at radius 2 is 1.77 bits per heavy atom. The zero-order valence-corrected chi connectivity index (χ0v) is 17.0. The zero-order chi connectivity index (χ0) is 21.7. The van der Waals surface area contributed by atoms with Crippen LogP contribution in [0.4, 0.5) is 30.6 Å². The summed E-state index contributed by atoms with van der Waals surface area (Å²) >= 11 is 0. The standard InChI is InChI=1S/C22H23F3N4O/c1-4-15-9-6-8-14(3)20(15)28-19-13-18(27-21(29-19)26-5-2)16-10-7-11-17(12-16)30-22(23,24)25/h6-13H,4-5H2,1-3H3,(H2,26,27,28,29). The predicted molar refractivity (Wildman–Crippen MR) is 112 cm³/mol. The molecule has 2 N–H and O–H groups in total. The maximum atomic E-state index is 12.6. The number of nitrogens with zero attached hydrogens (tertiary/aromatic N) is 2. The number of aryl methyl sites for hydroxylation is 2. The molecule has 30 heavy (non-hydrogen) atoms. The van der Waals surface area contributed by atoms with Gasteiger partial charge in [-0.25, -0.2) is 4.98 Å². The second kappa shape index (κ2) is 9.02. The van der Waals surface area contributed by atoms with Gasteiger partial charge in [0.2, 0.25) is 5.95 Å². The average Bonchev–Trinajstić information content (AvgIpc) is 2.68. The Morgan fingerprint density at radius 3 is 2.47 bits per heavy atom. The van der Waals surface area contributed by atoms with Crippen molar-refractivity contribution in [2.24, 2.45) is 0 Å². The molecular formula is C22H23F3N4O. The highest BCUT2D eigenvalue weighted by Crippen LogP contribution is 2.30. The minimum absolute atomic E-state index is 0.301. The molecule has 3 rings (SSSR count). The van der Waals surface area contributed by atoms with E-state index in [1.165, 1.54) is 18.2 Å². The zero-order valence-electron chi connectivity index (χ0n) is 17.0. The fraction of sp³-hybridized carbons (Fsp3) is 0.273. The fourth-order valence-electron chi connectivity index (χ4n) is 3.08. The number of ether oxygens (including phenoxy) is 1. The van der Waals surface area contributed by atoms with Crippen LogP contribution in [0.15, 0.2) is 48.5 Å². The van der Waals surface area contributed by atoms with Crippen molar-refractivity contribution in [1.29, 1.82) is 0 Å². The molecule has 0 spiro atoms. The van der Waals surface area contributed by atoms with Crippen molar-refractivity contribution in [3.05, 3.63) is 59.7 Å². The van der Waals surface area contributed by atoms with Gasteiger partial charge in [-0.3, -0.25) is 0 Å². The number of halogens is 3. The number of rotatable bonds is 7. The van der Waals surface area contributed by atoms with Crippen LogP contribution in [-0.4, -0.2) is 22.9 Å². The molecule has 0 fully saturated rings. The fourth-order valence-corrected chi connectivity index (χ4v) is 3.08. The lowest BCUT2D eigenvalue weighted by molar-refractivity contribution is -0.274. The first-order chi connectivity index (χ1) is 14.3. The highest BCUT2D eigenvalue weighted by Gasteiger charge is 2.31. The molecule has 0 saturated carbocycles. The summed E-state index contributed by atoms with van der Waals surface area (Å²) in [5.41, 5.74) is 4.13. The Hall–Kier alpha value is -3.29. The van der Waals surface area contributed by atoms with E-state index in [4.69, 9.17) is 0 Å². The summed E-state index contributed by atoms with van der Waals surface area (Å²) < 4.78 is 41.8. The number of anilines is 3. The normalized spacial score (nSPS) is 11.3. The molecule has 2 aromatic carbocycles. The van der Waals surface area contributed by atoms with Crippen molar-refractivity contribution in [2.75, 3.05) is 17.2 Å². The van der Waals surface area contributed by atoms with E-state index < -0.39 is 6.36 Å². The van der Waals surface area contributed by atoms with Gasteiger partial charge >= 0.3 is 6.36 Å². The number of nitrogens with one attached hydrogen (secondary N) is 2. The van der Waals surface area contributed by atoms with Crippen molar-refractivity contribution >= 4 is 17.5 Å². The number of benzene rings is 2. The van der Waals surface area contributed by atoms with E-state index >= 15 is 0 Å². The number of alkyl halides is 3. The third-order valence-electron chi connectivity index (χ3n) is 4.42. The molecule has 0 aliphatic carbocycles. The first-order valence-corrected chi connectivity index (χ1v) is 9.63. The predicted octanol–water partition coefficient (Wildman–Crippen LogP) is 6.09. The van der Waals surface area contributed by atoms with Crippen LogP contribution < -0.4 is 15.4 Å². The second-order valence-electron chi connectivity index (χ2n) is 6.66. The van der Waals surface area contributed by atoms with Crippen molar-refractivity contribution < 1.29 is 17.9 Å². The topological polar surface area (TPSA) is 59.1 Å². The Labute approximate surface area is 173 Å². The minimum Gasteiger partial charge on any atom is -0.406 e. The van der Waals surface area contributed by atoms with E-state index in [2.05, 4.69) is 32.3 Å². The molecule has 0 radical (unpaired) electrons. The molecule has 0 aliphatic heterocycles. The summed E-state index contributed by atoms with van der Waals surface area (Å²) in [5, 5.41) is 6.42. The minimum atomic E-state index is -4.76. The van der Waals surface area contributed by atoms with Gasteiger partial charge in [-0.1, -0.05) is 37.3 Å². The van der Waals surface area contributed by atoms with E-state index in [0.29, 0.717) is 29.6 Å². The van der Waals surface area contributed by atoms with Gasteiger partial charge in [0, 0.05) is 23.9 Å². The molecule has 0 amide bonds.